The van der Waals surface area contributed by atoms with Crippen molar-refractivity contribution in [3.8, 4) is 0 Å². The highest BCUT2D eigenvalue weighted by Gasteiger charge is 2.03. The molecule has 0 spiro atoms. The smallest absolute Gasteiger partial charge is 0.297 e. The summed E-state index contributed by atoms with van der Waals surface area (Å²) in [7, 11) is 0. The van der Waals surface area contributed by atoms with Gasteiger partial charge < -0.3 is 9.32 Å². The van der Waals surface area contributed by atoms with Crippen molar-refractivity contribution in [2.75, 3.05) is 18.0 Å². The summed E-state index contributed by atoms with van der Waals surface area (Å²) < 4.78 is 7.95. The molecule has 2 aromatic rings. The van der Waals surface area contributed by atoms with Crippen molar-refractivity contribution < 1.29 is 4.42 Å². The van der Waals surface area contributed by atoms with Gasteiger partial charge in [-0.3, -0.25) is 4.57 Å². The minimum Gasteiger partial charge on any atom is -0.424 e. The molecule has 24 heavy (non-hydrogen) atoms. The Hall–Kier alpha value is -2.23. The third-order valence-corrected chi connectivity index (χ3v) is 4.05. The number of rotatable bonds is 6. The largest absolute Gasteiger partial charge is 0.424 e. The number of oxazole rings is 1. The zero-order chi connectivity index (χ0) is 17.7. The zero-order valence-electron chi connectivity index (χ0n) is 15.5. The maximum absolute atomic E-state index is 5.94. The van der Waals surface area contributed by atoms with Crippen molar-refractivity contribution in [2.24, 2.45) is 4.99 Å². The van der Waals surface area contributed by atoms with Crippen LogP contribution in [0.15, 0.2) is 33.7 Å². The van der Waals surface area contributed by atoms with Crippen LogP contribution in [-0.4, -0.2) is 23.7 Å². The first kappa shape index (κ1) is 18.1. The Kier molecular flexibility index (Phi) is 6.07. The zero-order valence-corrected chi connectivity index (χ0v) is 15.5. The van der Waals surface area contributed by atoms with Gasteiger partial charge in [-0.2, -0.15) is 0 Å². The van der Waals surface area contributed by atoms with Crippen LogP contribution in [0.3, 0.4) is 0 Å². The predicted octanol–water partition coefficient (Wildman–Crippen LogP) is 2.50. The average Bonchev–Trinajstić information content (AvgIpc) is 2.84. The summed E-state index contributed by atoms with van der Waals surface area (Å²) in [5.74, 6) is 0. The minimum absolute atomic E-state index is 0.189. The highest BCUT2D eigenvalue weighted by Crippen LogP contribution is 2.14. The Morgan fingerprint density at radius 1 is 1.17 bits per heavy atom. The van der Waals surface area contributed by atoms with E-state index in [0.717, 1.165) is 36.0 Å². The molecule has 0 aliphatic heterocycles. The van der Waals surface area contributed by atoms with E-state index in [9.17, 15) is 0 Å². The van der Waals surface area contributed by atoms with Crippen LogP contribution < -0.4 is 21.3 Å². The monoisotopic (exact) mass is 327 g/mol. The summed E-state index contributed by atoms with van der Waals surface area (Å²) >= 11 is 0. The summed E-state index contributed by atoms with van der Waals surface area (Å²) in [6.07, 6.45) is 2.03. The molecule has 0 aliphatic rings. The highest BCUT2D eigenvalue weighted by atomic mass is 16.3. The molecule has 0 amide bonds. The van der Waals surface area contributed by atoms with Gasteiger partial charge in [0.15, 0.2) is 5.42 Å². The van der Waals surface area contributed by atoms with E-state index < -0.39 is 0 Å². The van der Waals surface area contributed by atoms with Crippen LogP contribution in [0.4, 0.5) is 5.69 Å². The molecule has 0 N–H and O–H groups in total. The van der Waals surface area contributed by atoms with Gasteiger partial charge in [0.1, 0.15) is 0 Å². The molecular weight excluding hydrogens is 298 g/mol. The van der Waals surface area contributed by atoms with Gasteiger partial charge in [0.25, 0.3) is 5.68 Å². The van der Waals surface area contributed by atoms with Crippen LogP contribution in [-0.2, 0) is 6.54 Å². The maximum atomic E-state index is 5.94. The third kappa shape index (κ3) is 3.99. The molecule has 1 aromatic heterocycles. The first-order valence-electron chi connectivity index (χ1n) is 8.79. The molecule has 130 valence electrons. The Bertz CT molecular complexity index is 821. The van der Waals surface area contributed by atoms with E-state index >= 15 is 0 Å². The van der Waals surface area contributed by atoms with Crippen molar-refractivity contribution >= 4 is 18.3 Å². The third-order valence-electron chi connectivity index (χ3n) is 4.05. The summed E-state index contributed by atoms with van der Waals surface area (Å²) in [6, 6.07) is 8.72. The number of hydrogen-bond donors (Lipinski definition) is 0. The second-order valence-electron chi connectivity index (χ2n) is 6.07. The number of hydrogen-bond acceptors (Lipinski definition) is 3. The molecule has 0 saturated heterocycles. The fourth-order valence-electron chi connectivity index (χ4n) is 2.74. The highest BCUT2D eigenvalue weighted by molar-refractivity contribution is 5.55. The Morgan fingerprint density at radius 3 is 2.29 bits per heavy atom. The second-order valence-corrected chi connectivity index (χ2v) is 6.07. The van der Waals surface area contributed by atoms with E-state index in [0.29, 0.717) is 5.68 Å². The Morgan fingerprint density at radius 2 is 1.79 bits per heavy atom. The first-order valence-corrected chi connectivity index (χ1v) is 8.79. The lowest BCUT2D eigenvalue weighted by Crippen LogP contribution is -2.31. The van der Waals surface area contributed by atoms with Gasteiger partial charge in [-0.25, -0.2) is 4.99 Å². The fraction of sp³-hybridized carbons (Fsp3) is 0.450. The topological polar surface area (TPSA) is 33.7 Å². The average molecular weight is 327 g/mol. The van der Waals surface area contributed by atoms with Gasteiger partial charge in [0.2, 0.25) is 0 Å². The molecule has 1 heterocycles. The first-order chi connectivity index (χ1) is 11.5. The molecule has 0 atom stereocenters. The van der Waals surface area contributed by atoms with E-state index in [2.05, 4.69) is 61.5 Å². The van der Waals surface area contributed by atoms with Crippen LogP contribution >= 0.6 is 0 Å². The molecule has 4 heteroatoms. The van der Waals surface area contributed by atoms with Crippen molar-refractivity contribution in [1.82, 2.24) is 4.57 Å². The number of anilines is 1. The van der Waals surface area contributed by atoms with Gasteiger partial charge in [0.05, 0.1) is 5.35 Å². The number of nitrogens with zero attached hydrogens (tertiary/aromatic N) is 3. The second kappa shape index (κ2) is 8.04. The number of aromatic nitrogens is 1. The van der Waals surface area contributed by atoms with Crippen LogP contribution in [0, 0.1) is 0 Å². The quantitative estimate of drug-likeness (QED) is 0.817. The molecule has 1 aromatic carbocycles. The van der Waals surface area contributed by atoms with Crippen molar-refractivity contribution in [3.05, 3.63) is 46.3 Å². The lowest BCUT2D eigenvalue weighted by Gasteiger charge is -2.20. The minimum atomic E-state index is 0.189. The molecule has 0 unspecified atom stereocenters. The summed E-state index contributed by atoms with van der Waals surface area (Å²) in [5, 5.41) is 0.865. The Labute approximate surface area is 144 Å². The lowest BCUT2D eigenvalue weighted by molar-refractivity contribution is 0.432. The van der Waals surface area contributed by atoms with Gasteiger partial charge in [-0.15, -0.1) is 0 Å². The van der Waals surface area contributed by atoms with Gasteiger partial charge in [-0.1, -0.05) is 18.7 Å². The van der Waals surface area contributed by atoms with E-state index in [1.807, 2.05) is 24.5 Å². The maximum Gasteiger partial charge on any atom is 0.297 e. The van der Waals surface area contributed by atoms with E-state index in [1.165, 1.54) is 5.69 Å². The van der Waals surface area contributed by atoms with Crippen molar-refractivity contribution in [2.45, 2.75) is 47.2 Å². The molecule has 0 saturated carbocycles. The molecule has 0 fully saturated rings. The predicted molar refractivity (Wildman–Crippen MR) is 101 cm³/mol. The lowest BCUT2D eigenvalue weighted by atomic mass is 10.2. The summed E-state index contributed by atoms with van der Waals surface area (Å²) in [6.45, 7) is 17.5. The normalized spacial score (nSPS) is 13.1. The van der Waals surface area contributed by atoms with Crippen LogP contribution in [0.5, 0.6) is 0 Å². The fourth-order valence-corrected chi connectivity index (χ4v) is 2.74. The van der Waals surface area contributed by atoms with Crippen molar-refractivity contribution in [1.29, 1.82) is 0 Å². The van der Waals surface area contributed by atoms with Gasteiger partial charge in [-0.05, 0) is 58.4 Å². The van der Waals surface area contributed by atoms with Crippen molar-refractivity contribution in [3.63, 3.8) is 0 Å². The molecular formula is C20H29N3O. The van der Waals surface area contributed by atoms with E-state index in [1.54, 1.807) is 0 Å². The summed E-state index contributed by atoms with van der Waals surface area (Å²) in [5.41, 5.74) is 3.75. The summed E-state index contributed by atoms with van der Waals surface area (Å²) in [4.78, 5) is 6.87. The standard InChI is InChI=1S/C20H29N3O/c1-7-22(8-2)18-12-10-17(11-13-18)14-19-16(6)23(9-3)20(24-19)21-15(4)5/h10-15H,6-9H2,1-5H3/b19-14+,21-20+. The molecule has 0 radical (unpaired) electrons. The Balaban J connectivity index is 2.45. The van der Waals surface area contributed by atoms with E-state index in [4.69, 9.17) is 4.42 Å². The molecule has 0 bridgehead atoms. The molecule has 2 rings (SSSR count). The van der Waals surface area contributed by atoms with Gasteiger partial charge in [0, 0.05) is 31.4 Å². The van der Waals surface area contributed by atoms with Crippen LogP contribution in [0.25, 0.3) is 12.7 Å². The molecule has 0 aliphatic carbocycles. The van der Waals surface area contributed by atoms with Crippen LogP contribution in [0.1, 0.15) is 40.2 Å². The van der Waals surface area contributed by atoms with Gasteiger partial charge >= 0.3 is 0 Å². The van der Waals surface area contributed by atoms with Crippen LogP contribution in [0.2, 0.25) is 0 Å². The number of benzene rings is 1. The SMILES string of the molecule is C=c1/c(=C\c2ccc(N(CC)CC)cc2)o/c(=N/C(C)C)n1CC. The molecule has 4 nitrogen and oxygen atoms in total. The van der Waals surface area contributed by atoms with E-state index in [-0.39, 0.29) is 6.04 Å².